The molecule has 2 heterocycles. The zero-order chi connectivity index (χ0) is 25.0. The summed E-state index contributed by atoms with van der Waals surface area (Å²) in [4.78, 5) is 42.6. The number of hydrogen-bond donors (Lipinski definition) is 1. The van der Waals surface area contributed by atoms with Gasteiger partial charge in [-0.1, -0.05) is 42.0 Å². The Balaban J connectivity index is 1.55. The third-order valence-electron chi connectivity index (χ3n) is 5.76. The van der Waals surface area contributed by atoms with E-state index >= 15 is 0 Å². The van der Waals surface area contributed by atoms with Crippen LogP contribution in [0.5, 0.6) is 0 Å². The van der Waals surface area contributed by atoms with Gasteiger partial charge in [-0.15, -0.1) is 11.3 Å². The summed E-state index contributed by atoms with van der Waals surface area (Å²) in [5, 5.41) is 2.48. The van der Waals surface area contributed by atoms with Gasteiger partial charge < -0.3 is 15.1 Å². The second kappa shape index (κ2) is 10.4. The van der Waals surface area contributed by atoms with E-state index in [2.05, 4.69) is 5.32 Å². The molecular formula is C25H25N3O5S2. The topological polar surface area (TPSA) is 104 Å². The number of carbonyl (C=O) groups is 3. The lowest BCUT2D eigenvalue weighted by molar-refractivity contribution is -0.132. The highest BCUT2D eigenvalue weighted by atomic mass is 32.2. The van der Waals surface area contributed by atoms with Crippen LogP contribution >= 0.6 is 11.3 Å². The number of piperazine rings is 1. The standard InChI is InChI=1S/C25H25N3O5S2/c1-18-7-5-8-19(17-18)22(29)26-23(35(32,33)20-9-3-2-4-10-20)25(31)28-14-12-27(13-15-28)24(30)21-11-6-16-34-21/h2-11,16-17,23H,12-15H2,1H3,(H,26,29)/t23-/m1/s1. The summed E-state index contributed by atoms with van der Waals surface area (Å²) in [6.07, 6.45) is 0. The number of amides is 3. The van der Waals surface area contributed by atoms with Gasteiger partial charge >= 0.3 is 0 Å². The first-order valence-corrected chi connectivity index (χ1v) is 13.5. The zero-order valence-electron chi connectivity index (χ0n) is 19.1. The molecule has 35 heavy (non-hydrogen) atoms. The maximum absolute atomic E-state index is 13.5. The molecule has 0 spiro atoms. The smallest absolute Gasteiger partial charge is 0.264 e. The van der Waals surface area contributed by atoms with Crippen LogP contribution in [0, 0.1) is 6.92 Å². The van der Waals surface area contributed by atoms with Crippen molar-refractivity contribution in [1.82, 2.24) is 15.1 Å². The molecule has 0 radical (unpaired) electrons. The monoisotopic (exact) mass is 511 g/mol. The van der Waals surface area contributed by atoms with E-state index in [1.807, 2.05) is 18.4 Å². The van der Waals surface area contributed by atoms with E-state index in [0.29, 0.717) is 4.88 Å². The van der Waals surface area contributed by atoms with Crippen molar-refractivity contribution in [1.29, 1.82) is 0 Å². The maximum Gasteiger partial charge on any atom is 0.264 e. The quantitative estimate of drug-likeness (QED) is 0.548. The Labute approximate surface area is 208 Å². The highest BCUT2D eigenvalue weighted by Crippen LogP contribution is 2.19. The van der Waals surface area contributed by atoms with Gasteiger partial charge in [0.25, 0.3) is 17.7 Å². The third-order valence-corrected chi connectivity index (χ3v) is 8.49. The molecule has 0 unspecified atom stereocenters. The summed E-state index contributed by atoms with van der Waals surface area (Å²) in [6, 6.07) is 17.8. The number of nitrogens with zero attached hydrogens (tertiary/aromatic N) is 2. The molecule has 3 amide bonds. The Kier molecular flexibility index (Phi) is 7.32. The van der Waals surface area contributed by atoms with Crippen LogP contribution in [0.4, 0.5) is 0 Å². The van der Waals surface area contributed by atoms with Crippen LogP contribution in [0.2, 0.25) is 0 Å². The fourth-order valence-electron chi connectivity index (χ4n) is 3.86. The molecular weight excluding hydrogens is 486 g/mol. The van der Waals surface area contributed by atoms with Gasteiger partial charge in [-0.3, -0.25) is 14.4 Å². The van der Waals surface area contributed by atoms with Gasteiger partial charge in [0.1, 0.15) is 0 Å². The number of carbonyl (C=O) groups excluding carboxylic acids is 3. The predicted octanol–water partition coefficient (Wildman–Crippen LogP) is 2.57. The average molecular weight is 512 g/mol. The van der Waals surface area contributed by atoms with Crippen molar-refractivity contribution in [3.05, 3.63) is 88.1 Å². The van der Waals surface area contributed by atoms with Crippen molar-refractivity contribution < 1.29 is 22.8 Å². The summed E-state index contributed by atoms with van der Waals surface area (Å²) in [5.41, 5.74) is 1.09. The van der Waals surface area contributed by atoms with Gasteiger partial charge in [-0.25, -0.2) is 8.42 Å². The van der Waals surface area contributed by atoms with E-state index < -0.39 is 27.0 Å². The largest absolute Gasteiger partial charge is 0.336 e. The van der Waals surface area contributed by atoms with E-state index in [0.717, 1.165) is 5.56 Å². The van der Waals surface area contributed by atoms with Gasteiger partial charge in [0.05, 0.1) is 9.77 Å². The second-order valence-corrected chi connectivity index (χ2v) is 11.2. The average Bonchev–Trinajstić information content (AvgIpc) is 3.42. The van der Waals surface area contributed by atoms with Crippen LogP contribution in [-0.2, 0) is 14.6 Å². The number of thiophene rings is 1. The molecule has 0 bridgehead atoms. The number of rotatable bonds is 6. The highest BCUT2D eigenvalue weighted by Gasteiger charge is 2.39. The molecule has 1 aliphatic rings. The number of benzene rings is 2. The minimum absolute atomic E-state index is 0.0607. The van der Waals surface area contributed by atoms with Crippen molar-refractivity contribution in [2.24, 2.45) is 0 Å². The first-order chi connectivity index (χ1) is 16.8. The molecule has 182 valence electrons. The lowest BCUT2D eigenvalue weighted by Crippen LogP contribution is -2.57. The molecule has 1 atom stereocenters. The summed E-state index contributed by atoms with van der Waals surface area (Å²) in [6.45, 7) is 2.68. The van der Waals surface area contributed by atoms with E-state index in [1.165, 1.54) is 28.4 Å². The molecule has 10 heteroatoms. The Morgan fingerprint density at radius 1 is 0.886 bits per heavy atom. The van der Waals surface area contributed by atoms with Crippen LogP contribution in [0.3, 0.4) is 0 Å². The van der Waals surface area contributed by atoms with E-state index in [-0.39, 0.29) is 42.5 Å². The minimum Gasteiger partial charge on any atom is -0.336 e. The fourth-order valence-corrected chi connectivity index (χ4v) is 6.03. The summed E-state index contributed by atoms with van der Waals surface area (Å²) in [7, 11) is -4.23. The summed E-state index contributed by atoms with van der Waals surface area (Å²) >= 11 is 1.34. The van der Waals surface area contributed by atoms with Crippen molar-refractivity contribution >= 4 is 38.9 Å². The Hall–Kier alpha value is -3.50. The van der Waals surface area contributed by atoms with Crippen LogP contribution in [0.15, 0.2) is 77.0 Å². The Morgan fingerprint density at radius 2 is 1.57 bits per heavy atom. The van der Waals surface area contributed by atoms with Crippen molar-refractivity contribution in [3.8, 4) is 0 Å². The van der Waals surface area contributed by atoms with E-state index in [9.17, 15) is 22.8 Å². The SMILES string of the molecule is Cc1cccc(C(=O)N[C@@H](C(=O)N2CCN(C(=O)c3cccs3)CC2)S(=O)(=O)c2ccccc2)c1. The second-order valence-electron chi connectivity index (χ2n) is 8.18. The van der Waals surface area contributed by atoms with Crippen molar-refractivity contribution in [2.45, 2.75) is 17.2 Å². The molecule has 1 N–H and O–H groups in total. The molecule has 0 aliphatic carbocycles. The molecule has 1 saturated heterocycles. The molecule has 1 fully saturated rings. The van der Waals surface area contributed by atoms with Gasteiger partial charge in [0.15, 0.2) is 0 Å². The van der Waals surface area contributed by atoms with Crippen LogP contribution in [-0.4, -0.2) is 67.5 Å². The number of nitrogens with one attached hydrogen (secondary N) is 1. The highest BCUT2D eigenvalue weighted by molar-refractivity contribution is 7.92. The van der Waals surface area contributed by atoms with Gasteiger partial charge in [-0.05, 0) is 42.6 Å². The lowest BCUT2D eigenvalue weighted by Gasteiger charge is -2.36. The summed E-state index contributed by atoms with van der Waals surface area (Å²) < 4.78 is 26.9. The molecule has 8 nitrogen and oxygen atoms in total. The Morgan fingerprint density at radius 3 is 2.20 bits per heavy atom. The first kappa shape index (κ1) is 24.6. The molecule has 3 aromatic rings. The normalized spacial score (nSPS) is 14.9. The van der Waals surface area contributed by atoms with E-state index in [4.69, 9.17) is 0 Å². The van der Waals surface area contributed by atoms with Gasteiger partial charge in [-0.2, -0.15) is 0 Å². The number of sulfone groups is 1. The van der Waals surface area contributed by atoms with Crippen LogP contribution in [0.1, 0.15) is 25.6 Å². The van der Waals surface area contributed by atoms with E-state index in [1.54, 1.807) is 53.4 Å². The lowest BCUT2D eigenvalue weighted by atomic mass is 10.1. The van der Waals surface area contributed by atoms with Gasteiger partial charge in [0.2, 0.25) is 15.2 Å². The van der Waals surface area contributed by atoms with Gasteiger partial charge in [0, 0.05) is 31.7 Å². The number of aryl methyl sites for hydroxylation is 1. The number of hydrogen-bond acceptors (Lipinski definition) is 6. The van der Waals surface area contributed by atoms with Crippen LogP contribution < -0.4 is 5.32 Å². The van der Waals surface area contributed by atoms with Crippen molar-refractivity contribution in [3.63, 3.8) is 0 Å². The molecule has 1 aliphatic heterocycles. The zero-order valence-corrected chi connectivity index (χ0v) is 20.7. The predicted molar refractivity (Wildman–Crippen MR) is 133 cm³/mol. The maximum atomic E-state index is 13.5. The van der Waals surface area contributed by atoms with Crippen molar-refractivity contribution in [2.75, 3.05) is 26.2 Å². The molecule has 1 aromatic heterocycles. The minimum atomic E-state index is -4.23. The fraction of sp³-hybridized carbons (Fsp3) is 0.240. The molecule has 0 saturated carbocycles. The third kappa shape index (κ3) is 5.44. The Bertz CT molecular complexity index is 1320. The first-order valence-electron chi connectivity index (χ1n) is 11.1. The molecule has 2 aromatic carbocycles. The molecule has 4 rings (SSSR count). The summed E-state index contributed by atoms with van der Waals surface area (Å²) in [5.74, 6) is -1.50. The van der Waals surface area contributed by atoms with Crippen LogP contribution in [0.25, 0.3) is 0 Å².